The second kappa shape index (κ2) is 4.77. The molecule has 1 heterocycles. The van der Waals surface area contributed by atoms with E-state index in [0.717, 1.165) is 19.5 Å². The summed E-state index contributed by atoms with van der Waals surface area (Å²) >= 11 is 0. The van der Waals surface area contributed by atoms with Gasteiger partial charge < -0.3 is 20.5 Å². The van der Waals surface area contributed by atoms with Crippen molar-refractivity contribution in [3.05, 3.63) is 0 Å². The van der Waals surface area contributed by atoms with Crippen LogP contribution in [-0.4, -0.2) is 40.1 Å². The van der Waals surface area contributed by atoms with Gasteiger partial charge in [-0.25, -0.2) is 0 Å². The molecule has 1 unspecified atom stereocenters. The molecule has 0 aliphatic carbocycles. The minimum absolute atomic E-state index is 0.151. The van der Waals surface area contributed by atoms with Crippen LogP contribution in [0.25, 0.3) is 0 Å². The zero-order valence-electron chi connectivity index (χ0n) is 7.64. The highest BCUT2D eigenvalue weighted by atomic mass is 16.7. The third-order valence-corrected chi connectivity index (χ3v) is 2.37. The van der Waals surface area contributed by atoms with Gasteiger partial charge in [0, 0.05) is 25.6 Å². The van der Waals surface area contributed by atoms with Gasteiger partial charge >= 0.3 is 0 Å². The highest BCUT2D eigenvalue weighted by molar-refractivity contribution is 4.88. The number of methoxy groups -OCH3 is 1. The van der Waals surface area contributed by atoms with E-state index in [1.54, 1.807) is 7.11 Å². The molecule has 1 rings (SSSR count). The van der Waals surface area contributed by atoms with Crippen molar-refractivity contribution in [3.8, 4) is 0 Å². The van der Waals surface area contributed by atoms with Crippen LogP contribution >= 0.6 is 0 Å². The predicted molar refractivity (Wildman–Crippen MR) is 46.8 cm³/mol. The first-order valence-corrected chi connectivity index (χ1v) is 4.30. The van der Waals surface area contributed by atoms with Gasteiger partial charge in [-0.2, -0.15) is 0 Å². The predicted octanol–water partition coefficient (Wildman–Crippen LogP) is -0.455. The molecule has 1 aliphatic heterocycles. The maximum Gasteiger partial charge on any atom is 0.146 e. The van der Waals surface area contributed by atoms with Crippen molar-refractivity contribution >= 4 is 0 Å². The van der Waals surface area contributed by atoms with Gasteiger partial charge in [-0.15, -0.1) is 0 Å². The van der Waals surface area contributed by atoms with Gasteiger partial charge in [0.2, 0.25) is 0 Å². The second-order valence-electron chi connectivity index (χ2n) is 3.39. The molecule has 0 spiro atoms. The summed E-state index contributed by atoms with van der Waals surface area (Å²) in [6.45, 7) is 3.76. The number of ether oxygens (including phenoxy) is 2. The molecule has 0 amide bonds. The Labute approximate surface area is 73.4 Å². The van der Waals surface area contributed by atoms with E-state index in [1.807, 2.05) is 0 Å². The van der Waals surface area contributed by atoms with Gasteiger partial charge in [-0.05, 0) is 13.0 Å². The van der Waals surface area contributed by atoms with Crippen LogP contribution in [0.2, 0.25) is 0 Å². The topological polar surface area (TPSA) is 56.5 Å². The summed E-state index contributed by atoms with van der Waals surface area (Å²) in [6.07, 6.45) is 1.10. The normalized spacial score (nSPS) is 29.5. The van der Waals surface area contributed by atoms with Gasteiger partial charge in [0.05, 0.1) is 6.61 Å². The Bertz CT molecular complexity index is 124. The Morgan fingerprint density at radius 2 is 2.42 bits per heavy atom. The molecule has 1 aliphatic rings. The third-order valence-electron chi connectivity index (χ3n) is 2.37. The summed E-state index contributed by atoms with van der Waals surface area (Å²) in [7, 11) is 1.63. The molecule has 1 fully saturated rings. The second-order valence-corrected chi connectivity index (χ2v) is 3.39. The molecule has 0 aromatic rings. The summed E-state index contributed by atoms with van der Waals surface area (Å²) < 4.78 is 10.1. The van der Waals surface area contributed by atoms with Gasteiger partial charge in [-0.3, -0.25) is 0 Å². The maximum atomic E-state index is 5.69. The number of hydrogen-bond acceptors (Lipinski definition) is 4. The first-order chi connectivity index (χ1) is 5.83. The highest BCUT2D eigenvalue weighted by Crippen LogP contribution is 2.23. The van der Waals surface area contributed by atoms with E-state index < -0.39 is 0 Å². The van der Waals surface area contributed by atoms with Crippen molar-refractivity contribution in [2.45, 2.75) is 6.42 Å². The molecule has 4 heteroatoms. The number of nitrogens with one attached hydrogen (secondary N) is 1. The number of hydrogen-bond donors (Lipinski definition) is 2. The van der Waals surface area contributed by atoms with Crippen LogP contribution in [0.5, 0.6) is 0 Å². The molecular weight excluding hydrogens is 156 g/mol. The molecule has 12 heavy (non-hydrogen) atoms. The average molecular weight is 174 g/mol. The SMILES string of the molecule is COCOCC1(CN)CCNC1. The Balaban J connectivity index is 2.24. The molecule has 1 saturated heterocycles. The molecule has 0 aromatic heterocycles. The van der Waals surface area contributed by atoms with Crippen molar-refractivity contribution in [1.29, 1.82) is 0 Å². The molecule has 72 valence electrons. The molecular formula is C8H18N2O2. The van der Waals surface area contributed by atoms with Crippen molar-refractivity contribution in [2.24, 2.45) is 11.1 Å². The zero-order chi connectivity index (χ0) is 8.86. The average Bonchev–Trinajstić information content (AvgIpc) is 2.55. The summed E-state index contributed by atoms with van der Waals surface area (Å²) in [5.41, 5.74) is 5.84. The van der Waals surface area contributed by atoms with E-state index >= 15 is 0 Å². The fourth-order valence-corrected chi connectivity index (χ4v) is 1.49. The van der Waals surface area contributed by atoms with Crippen molar-refractivity contribution in [2.75, 3.05) is 40.1 Å². The van der Waals surface area contributed by atoms with Crippen molar-refractivity contribution in [3.63, 3.8) is 0 Å². The molecule has 3 N–H and O–H groups in total. The minimum atomic E-state index is 0.151. The van der Waals surface area contributed by atoms with Crippen molar-refractivity contribution < 1.29 is 9.47 Å². The third kappa shape index (κ3) is 2.42. The van der Waals surface area contributed by atoms with Gasteiger partial charge in [-0.1, -0.05) is 0 Å². The maximum absolute atomic E-state index is 5.69. The lowest BCUT2D eigenvalue weighted by Gasteiger charge is -2.25. The van der Waals surface area contributed by atoms with E-state index in [9.17, 15) is 0 Å². The summed E-state index contributed by atoms with van der Waals surface area (Å²) in [5.74, 6) is 0. The van der Waals surface area contributed by atoms with Crippen LogP contribution in [0, 0.1) is 5.41 Å². The molecule has 0 saturated carbocycles. The van der Waals surface area contributed by atoms with E-state index in [2.05, 4.69) is 5.32 Å². The molecule has 0 radical (unpaired) electrons. The lowest BCUT2D eigenvalue weighted by molar-refractivity contribution is -0.0593. The summed E-state index contributed by atoms with van der Waals surface area (Å²) in [5, 5.41) is 3.29. The fourth-order valence-electron chi connectivity index (χ4n) is 1.49. The largest absolute Gasteiger partial charge is 0.359 e. The van der Waals surface area contributed by atoms with Crippen LogP contribution in [0.3, 0.4) is 0 Å². The molecule has 0 bridgehead atoms. The standard InChI is InChI=1S/C8H18N2O2/c1-11-7-12-6-8(4-9)2-3-10-5-8/h10H,2-7,9H2,1H3. The van der Waals surface area contributed by atoms with Crippen LogP contribution in [0.1, 0.15) is 6.42 Å². The highest BCUT2D eigenvalue weighted by Gasteiger charge is 2.32. The van der Waals surface area contributed by atoms with E-state index in [1.165, 1.54) is 0 Å². The lowest BCUT2D eigenvalue weighted by Crippen LogP contribution is -2.37. The van der Waals surface area contributed by atoms with Crippen LogP contribution < -0.4 is 11.1 Å². The lowest BCUT2D eigenvalue weighted by atomic mass is 9.88. The monoisotopic (exact) mass is 174 g/mol. The Morgan fingerprint density at radius 3 is 2.92 bits per heavy atom. The van der Waals surface area contributed by atoms with Gasteiger partial charge in [0.1, 0.15) is 6.79 Å². The van der Waals surface area contributed by atoms with Gasteiger partial charge in [0.15, 0.2) is 0 Å². The van der Waals surface area contributed by atoms with Crippen LogP contribution in [0.4, 0.5) is 0 Å². The number of rotatable bonds is 5. The number of nitrogens with two attached hydrogens (primary N) is 1. The Kier molecular flexibility index (Phi) is 3.94. The fraction of sp³-hybridized carbons (Fsp3) is 1.00. The molecule has 4 nitrogen and oxygen atoms in total. The van der Waals surface area contributed by atoms with E-state index in [-0.39, 0.29) is 5.41 Å². The smallest absolute Gasteiger partial charge is 0.146 e. The first kappa shape index (κ1) is 9.92. The molecule has 1 atom stereocenters. The van der Waals surface area contributed by atoms with Crippen LogP contribution in [-0.2, 0) is 9.47 Å². The van der Waals surface area contributed by atoms with Crippen LogP contribution in [0.15, 0.2) is 0 Å². The van der Waals surface area contributed by atoms with E-state index in [4.69, 9.17) is 15.2 Å². The molecule has 0 aromatic carbocycles. The Hall–Kier alpha value is -0.160. The van der Waals surface area contributed by atoms with Crippen molar-refractivity contribution in [1.82, 2.24) is 5.32 Å². The van der Waals surface area contributed by atoms with E-state index in [0.29, 0.717) is 19.9 Å². The zero-order valence-corrected chi connectivity index (χ0v) is 7.64. The quantitative estimate of drug-likeness (QED) is 0.437. The summed E-state index contributed by atoms with van der Waals surface area (Å²) in [6, 6.07) is 0. The summed E-state index contributed by atoms with van der Waals surface area (Å²) in [4.78, 5) is 0. The first-order valence-electron chi connectivity index (χ1n) is 4.30. The van der Waals surface area contributed by atoms with Gasteiger partial charge in [0.25, 0.3) is 0 Å². The minimum Gasteiger partial charge on any atom is -0.359 e. The Morgan fingerprint density at radius 1 is 1.58 bits per heavy atom.